The summed E-state index contributed by atoms with van der Waals surface area (Å²) in [4.78, 5) is 13.0. The molecule has 0 atom stereocenters. The highest BCUT2D eigenvalue weighted by molar-refractivity contribution is 9.10. The lowest BCUT2D eigenvalue weighted by Gasteiger charge is -2.21. The first-order valence-corrected chi connectivity index (χ1v) is 15.5. The van der Waals surface area contributed by atoms with E-state index in [1.54, 1.807) is 18.3 Å². The van der Waals surface area contributed by atoms with Gasteiger partial charge in [-0.2, -0.15) is 9.41 Å². The van der Waals surface area contributed by atoms with E-state index in [0.29, 0.717) is 13.0 Å². The minimum atomic E-state index is -3.92. The molecule has 0 aliphatic heterocycles. The number of aryl methyl sites for hydroxylation is 1. The van der Waals surface area contributed by atoms with Crippen molar-refractivity contribution < 1.29 is 17.9 Å². The molecule has 214 valence electrons. The standard InChI is InChI=1S/C31H33BrN4O4S/c1-4-40-29-14-12-28(13-15-29)36-23(2)20-26(24(36)3)21-33-34-31(37)22-35(19-18-25-8-6-5-7-9-25)41(38,39)30-16-10-27(32)11-17-30/h5-17,20-21H,4,18-19,22H2,1-3H3,(H,34,37)/b33-21+. The summed E-state index contributed by atoms with van der Waals surface area (Å²) < 4.78 is 36.5. The van der Waals surface area contributed by atoms with Crippen LogP contribution < -0.4 is 10.2 Å². The molecular weight excluding hydrogens is 604 g/mol. The third kappa shape index (κ3) is 7.72. The number of sulfonamides is 1. The summed E-state index contributed by atoms with van der Waals surface area (Å²) in [5, 5.41) is 4.14. The second kappa shape index (κ2) is 13.8. The van der Waals surface area contributed by atoms with Gasteiger partial charge in [0.15, 0.2) is 0 Å². The van der Waals surface area contributed by atoms with Crippen LogP contribution in [-0.2, 0) is 21.2 Å². The number of hydrogen-bond donors (Lipinski definition) is 1. The van der Waals surface area contributed by atoms with Gasteiger partial charge in [-0.15, -0.1) is 0 Å². The van der Waals surface area contributed by atoms with E-state index in [0.717, 1.165) is 38.4 Å². The summed E-state index contributed by atoms with van der Waals surface area (Å²) >= 11 is 3.34. The molecule has 1 heterocycles. The SMILES string of the molecule is CCOc1ccc(-n2c(C)cc(/C=N/NC(=O)CN(CCc3ccccc3)S(=O)(=O)c3ccc(Br)cc3)c2C)cc1. The lowest BCUT2D eigenvalue weighted by atomic mass is 10.1. The van der Waals surface area contributed by atoms with Crippen molar-refractivity contribution >= 4 is 38.1 Å². The number of ether oxygens (including phenoxy) is 1. The van der Waals surface area contributed by atoms with Gasteiger partial charge in [0.25, 0.3) is 5.91 Å². The Morgan fingerprint density at radius 3 is 2.37 bits per heavy atom. The molecule has 8 nitrogen and oxygen atoms in total. The lowest BCUT2D eigenvalue weighted by molar-refractivity contribution is -0.121. The minimum Gasteiger partial charge on any atom is -0.494 e. The number of halogens is 1. The quantitative estimate of drug-likeness (QED) is 0.161. The van der Waals surface area contributed by atoms with Crippen LogP contribution in [0.25, 0.3) is 5.69 Å². The highest BCUT2D eigenvalue weighted by Gasteiger charge is 2.26. The number of benzene rings is 3. The van der Waals surface area contributed by atoms with Gasteiger partial charge in [0.05, 0.1) is 24.3 Å². The molecule has 0 saturated heterocycles. The van der Waals surface area contributed by atoms with Crippen LogP contribution in [0.15, 0.2) is 99.4 Å². The number of aromatic nitrogens is 1. The van der Waals surface area contributed by atoms with E-state index in [-0.39, 0.29) is 18.0 Å². The molecule has 0 aliphatic rings. The molecular formula is C31H33BrN4O4S. The van der Waals surface area contributed by atoms with Crippen molar-refractivity contribution in [1.82, 2.24) is 14.3 Å². The molecule has 1 N–H and O–H groups in total. The third-order valence-electron chi connectivity index (χ3n) is 6.53. The average molecular weight is 638 g/mol. The van der Waals surface area contributed by atoms with Gasteiger partial charge in [0.1, 0.15) is 5.75 Å². The van der Waals surface area contributed by atoms with Crippen molar-refractivity contribution in [3.8, 4) is 11.4 Å². The topological polar surface area (TPSA) is 93.0 Å². The van der Waals surface area contributed by atoms with Crippen LogP contribution in [0.2, 0.25) is 0 Å². The van der Waals surface area contributed by atoms with E-state index >= 15 is 0 Å². The smallest absolute Gasteiger partial charge is 0.255 e. The van der Waals surface area contributed by atoms with Gasteiger partial charge in [-0.25, -0.2) is 13.8 Å². The lowest BCUT2D eigenvalue weighted by Crippen LogP contribution is -2.40. The van der Waals surface area contributed by atoms with Crippen LogP contribution in [0.1, 0.15) is 29.4 Å². The first kappa shape index (κ1) is 30.2. The molecule has 0 aliphatic carbocycles. The highest BCUT2D eigenvalue weighted by atomic mass is 79.9. The zero-order valence-corrected chi connectivity index (χ0v) is 25.7. The summed E-state index contributed by atoms with van der Waals surface area (Å²) in [7, 11) is -3.92. The van der Waals surface area contributed by atoms with Gasteiger partial charge in [0.2, 0.25) is 10.0 Å². The molecule has 10 heteroatoms. The molecule has 0 radical (unpaired) electrons. The summed E-state index contributed by atoms with van der Waals surface area (Å²) in [6.07, 6.45) is 2.04. The number of carbonyl (C=O) groups is 1. The first-order valence-electron chi connectivity index (χ1n) is 13.2. The van der Waals surface area contributed by atoms with E-state index in [1.165, 1.54) is 16.4 Å². The third-order valence-corrected chi connectivity index (χ3v) is 8.92. The van der Waals surface area contributed by atoms with Crippen molar-refractivity contribution in [3.63, 3.8) is 0 Å². The second-order valence-electron chi connectivity index (χ2n) is 9.41. The number of rotatable bonds is 12. The number of amides is 1. The fourth-order valence-electron chi connectivity index (χ4n) is 4.48. The fourth-order valence-corrected chi connectivity index (χ4v) is 6.14. The molecule has 0 unspecified atom stereocenters. The zero-order valence-electron chi connectivity index (χ0n) is 23.2. The highest BCUT2D eigenvalue weighted by Crippen LogP contribution is 2.22. The van der Waals surface area contributed by atoms with Crippen molar-refractivity contribution in [2.24, 2.45) is 5.10 Å². The zero-order chi connectivity index (χ0) is 29.4. The summed E-state index contributed by atoms with van der Waals surface area (Å²) in [6.45, 7) is 6.30. The summed E-state index contributed by atoms with van der Waals surface area (Å²) in [5.41, 5.74) is 7.25. The van der Waals surface area contributed by atoms with E-state index in [9.17, 15) is 13.2 Å². The normalized spacial score (nSPS) is 11.7. The maximum absolute atomic E-state index is 13.5. The minimum absolute atomic E-state index is 0.117. The molecule has 3 aromatic carbocycles. The molecule has 41 heavy (non-hydrogen) atoms. The maximum Gasteiger partial charge on any atom is 0.255 e. The summed E-state index contributed by atoms with van der Waals surface area (Å²) in [5.74, 6) is 0.276. The summed E-state index contributed by atoms with van der Waals surface area (Å²) in [6, 6.07) is 25.7. The van der Waals surface area contributed by atoms with Crippen molar-refractivity contribution in [2.45, 2.75) is 32.1 Å². The van der Waals surface area contributed by atoms with E-state index in [4.69, 9.17) is 4.74 Å². The molecule has 0 saturated carbocycles. The van der Waals surface area contributed by atoms with Gasteiger partial charge < -0.3 is 9.30 Å². The van der Waals surface area contributed by atoms with Crippen molar-refractivity contribution in [2.75, 3.05) is 19.7 Å². The Bertz CT molecular complexity index is 1600. The van der Waals surface area contributed by atoms with Crippen LogP contribution in [0.4, 0.5) is 0 Å². The van der Waals surface area contributed by atoms with Gasteiger partial charge in [0, 0.05) is 33.7 Å². The van der Waals surface area contributed by atoms with Crippen LogP contribution >= 0.6 is 15.9 Å². The van der Waals surface area contributed by atoms with Crippen molar-refractivity contribution in [3.05, 3.63) is 112 Å². The fraction of sp³-hybridized carbons (Fsp3) is 0.226. The predicted octanol–water partition coefficient (Wildman–Crippen LogP) is 5.64. The predicted molar refractivity (Wildman–Crippen MR) is 165 cm³/mol. The maximum atomic E-state index is 13.5. The number of hydrogen-bond acceptors (Lipinski definition) is 5. The van der Waals surface area contributed by atoms with Crippen LogP contribution in [0.5, 0.6) is 5.75 Å². The monoisotopic (exact) mass is 636 g/mol. The number of hydrazone groups is 1. The Morgan fingerprint density at radius 1 is 1.02 bits per heavy atom. The average Bonchev–Trinajstić information content (AvgIpc) is 3.24. The number of carbonyl (C=O) groups excluding carboxylic acids is 1. The Labute approximate surface area is 249 Å². The van der Waals surface area contributed by atoms with Gasteiger partial charge in [-0.3, -0.25) is 4.79 Å². The molecule has 0 fully saturated rings. The Morgan fingerprint density at radius 2 is 1.71 bits per heavy atom. The van der Waals surface area contributed by atoms with Gasteiger partial charge >= 0.3 is 0 Å². The molecule has 0 bridgehead atoms. The van der Waals surface area contributed by atoms with E-state index < -0.39 is 15.9 Å². The second-order valence-corrected chi connectivity index (χ2v) is 12.3. The number of nitrogens with one attached hydrogen (secondary N) is 1. The molecule has 4 rings (SSSR count). The van der Waals surface area contributed by atoms with Crippen LogP contribution in [0.3, 0.4) is 0 Å². The molecule has 1 amide bonds. The molecule has 0 spiro atoms. The molecule has 4 aromatic rings. The van der Waals surface area contributed by atoms with E-state index in [1.807, 2.05) is 81.4 Å². The van der Waals surface area contributed by atoms with E-state index in [2.05, 4.69) is 31.0 Å². The molecule has 1 aromatic heterocycles. The number of nitrogens with zero attached hydrogens (tertiary/aromatic N) is 3. The Kier molecular flexibility index (Phi) is 10.1. The van der Waals surface area contributed by atoms with Gasteiger partial charge in [-0.1, -0.05) is 46.3 Å². The Balaban J connectivity index is 1.47. The Hall–Kier alpha value is -3.73. The first-order chi connectivity index (χ1) is 19.7. The van der Waals surface area contributed by atoms with Crippen LogP contribution in [-0.4, -0.2) is 49.1 Å². The van der Waals surface area contributed by atoms with Crippen molar-refractivity contribution in [1.29, 1.82) is 0 Å². The largest absolute Gasteiger partial charge is 0.494 e. The van der Waals surface area contributed by atoms with Crippen LogP contribution in [0, 0.1) is 13.8 Å². The van der Waals surface area contributed by atoms with Gasteiger partial charge in [-0.05, 0) is 87.4 Å².